The summed E-state index contributed by atoms with van der Waals surface area (Å²) in [5.74, 6) is 0.818. The lowest BCUT2D eigenvalue weighted by Gasteiger charge is -2.33. The van der Waals surface area contributed by atoms with Gasteiger partial charge in [0.15, 0.2) is 0 Å². The summed E-state index contributed by atoms with van der Waals surface area (Å²) in [5, 5.41) is 0. The Morgan fingerprint density at radius 1 is 1.42 bits per heavy atom. The number of nitrogen functional groups attached to an aromatic ring is 1. The Bertz CT molecular complexity index is 476. The first-order valence-corrected chi connectivity index (χ1v) is 6.64. The fraction of sp³-hybridized carbons (Fsp3) is 0.643. The van der Waals surface area contributed by atoms with Gasteiger partial charge >= 0.3 is 5.97 Å². The number of ether oxygens (including phenoxy) is 1. The molecular formula is C14H21N3O2. The molecule has 1 aromatic rings. The highest BCUT2D eigenvalue weighted by atomic mass is 16.5. The van der Waals surface area contributed by atoms with Crippen LogP contribution < -0.4 is 5.73 Å². The van der Waals surface area contributed by atoms with E-state index in [1.165, 1.54) is 26.1 Å². The highest BCUT2D eigenvalue weighted by Gasteiger charge is 2.29. The zero-order valence-electron chi connectivity index (χ0n) is 11.8. The average Bonchev–Trinajstić information content (AvgIpc) is 2.37. The van der Waals surface area contributed by atoms with Crippen LogP contribution in [0.25, 0.3) is 0 Å². The summed E-state index contributed by atoms with van der Waals surface area (Å²) in [6.45, 7) is 4.58. The van der Waals surface area contributed by atoms with E-state index >= 15 is 0 Å². The van der Waals surface area contributed by atoms with Crippen LogP contribution >= 0.6 is 0 Å². The van der Waals surface area contributed by atoms with Crippen molar-refractivity contribution in [1.29, 1.82) is 0 Å². The Hall–Kier alpha value is -1.65. The van der Waals surface area contributed by atoms with Gasteiger partial charge in [0.2, 0.25) is 0 Å². The number of carbonyl (C=O) groups excluding carboxylic acids is 1. The molecule has 5 nitrogen and oxygen atoms in total. The minimum Gasteiger partial charge on any atom is -0.465 e. The van der Waals surface area contributed by atoms with Crippen molar-refractivity contribution >= 4 is 11.8 Å². The summed E-state index contributed by atoms with van der Waals surface area (Å²) in [5.41, 5.74) is 6.45. The molecule has 1 heterocycles. The lowest BCUT2D eigenvalue weighted by atomic mass is 9.73. The highest BCUT2D eigenvalue weighted by Crippen LogP contribution is 2.41. The Balaban J connectivity index is 2.15. The number of nitrogens with zero attached hydrogens (tertiary/aromatic N) is 2. The van der Waals surface area contributed by atoms with E-state index in [-0.39, 0.29) is 11.4 Å². The second-order valence-electron chi connectivity index (χ2n) is 5.96. The van der Waals surface area contributed by atoms with Crippen LogP contribution in [0.4, 0.5) is 5.82 Å². The smallest absolute Gasteiger partial charge is 0.343 e. The lowest BCUT2D eigenvalue weighted by molar-refractivity contribution is 0.0601. The first kappa shape index (κ1) is 13.8. The first-order chi connectivity index (χ1) is 8.93. The van der Waals surface area contributed by atoms with Crippen molar-refractivity contribution in [2.45, 2.75) is 45.4 Å². The van der Waals surface area contributed by atoms with E-state index in [0.29, 0.717) is 11.3 Å². The molecule has 0 spiro atoms. The Morgan fingerprint density at radius 2 is 2.05 bits per heavy atom. The Morgan fingerprint density at radius 3 is 2.58 bits per heavy atom. The van der Waals surface area contributed by atoms with Crippen LogP contribution in [0.3, 0.4) is 0 Å². The molecule has 1 aromatic heterocycles. The summed E-state index contributed by atoms with van der Waals surface area (Å²) in [7, 11) is 1.32. The fourth-order valence-corrected chi connectivity index (χ4v) is 2.53. The SMILES string of the molecule is COC(=O)c1cnc(C2CCC(C)(C)CC2)nc1N. The van der Waals surface area contributed by atoms with Crippen molar-refractivity contribution in [1.82, 2.24) is 9.97 Å². The van der Waals surface area contributed by atoms with Gasteiger partial charge in [0.25, 0.3) is 0 Å². The minimum absolute atomic E-state index is 0.210. The van der Waals surface area contributed by atoms with Crippen molar-refractivity contribution in [2.75, 3.05) is 12.8 Å². The van der Waals surface area contributed by atoms with Gasteiger partial charge in [-0.1, -0.05) is 13.8 Å². The molecule has 1 aliphatic carbocycles. The van der Waals surface area contributed by atoms with E-state index in [2.05, 4.69) is 28.6 Å². The number of hydrogen-bond donors (Lipinski definition) is 1. The molecule has 5 heteroatoms. The molecule has 104 valence electrons. The van der Waals surface area contributed by atoms with Crippen molar-refractivity contribution in [3.63, 3.8) is 0 Å². The molecule has 2 N–H and O–H groups in total. The number of hydrogen-bond acceptors (Lipinski definition) is 5. The molecule has 19 heavy (non-hydrogen) atoms. The molecule has 0 aromatic carbocycles. The van der Waals surface area contributed by atoms with Gasteiger partial charge < -0.3 is 10.5 Å². The molecule has 1 aliphatic rings. The van der Waals surface area contributed by atoms with Crippen molar-refractivity contribution < 1.29 is 9.53 Å². The van der Waals surface area contributed by atoms with Gasteiger partial charge in [-0.05, 0) is 31.1 Å². The number of rotatable bonds is 2. The Kier molecular flexibility index (Phi) is 3.73. The van der Waals surface area contributed by atoms with E-state index in [0.717, 1.165) is 18.7 Å². The van der Waals surface area contributed by atoms with E-state index in [1.807, 2.05) is 0 Å². The molecule has 0 radical (unpaired) electrons. The fourth-order valence-electron chi connectivity index (χ4n) is 2.53. The molecule has 1 fully saturated rings. The van der Waals surface area contributed by atoms with Crippen LogP contribution in [-0.2, 0) is 4.74 Å². The predicted octanol–water partition coefficient (Wildman–Crippen LogP) is 2.53. The zero-order valence-corrected chi connectivity index (χ0v) is 11.8. The largest absolute Gasteiger partial charge is 0.465 e. The average molecular weight is 263 g/mol. The monoisotopic (exact) mass is 263 g/mol. The van der Waals surface area contributed by atoms with Crippen LogP contribution in [0.5, 0.6) is 0 Å². The maximum Gasteiger partial charge on any atom is 0.343 e. The maximum absolute atomic E-state index is 11.4. The number of esters is 1. The lowest BCUT2D eigenvalue weighted by Crippen LogP contribution is -2.22. The molecule has 2 rings (SSSR count). The normalized spacial score (nSPS) is 19.1. The molecule has 1 saturated carbocycles. The molecule has 0 saturated heterocycles. The predicted molar refractivity (Wildman–Crippen MR) is 72.8 cm³/mol. The molecule has 0 atom stereocenters. The van der Waals surface area contributed by atoms with Crippen LogP contribution in [0.2, 0.25) is 0 Å². The van der Waals surface area contributed by atoms with Gasteiger partial charge in [-0.15, -0.1) is 0 Å². The molecule has 0 aliphatic heterocycles. The summed E-state index contributed by atoms with van der Waals surface area (Å²) in [6, 6.07) is 0. The van der Waals surface area contributed by atoms with Gasteiger partial charge in [0, 0.05) is 12.1 Å². The van der Waals surface area contributed by atoms with Crippen LogP contribution in [-0.4, -0.2) is 23.0 Å². The topological polar surface area (TPSA) is 78.1 Å². The molecule has 0 bridgehead atoms. The molecule has 0 amide bonds. The van der Waals surface area contributed by atoms with Crippen molar-refractivity contribution in [3.8, 4) is 0 Å². The van der Waals surface area contributed by atoms with Crippen LogP contribution in [0.1, 0.15) is 61.6 Å². The third-order valence-electron chi connectivity index (χ3n) is 3.95. The first-order valence-electron chi connectivity index (χ1n) is 6.64. The zero-order chi connectivity index (χ0) is 14.0. The van der Waals surface area contributed by atoms with Gasteiger partial charge in [0.05, 0.1) is 7.11 Å². The van der Waals surface area contributed by atoms with Crippen molar-refractivity contribution in [2.24, 2.45) is 5.41 Å². The highest BCUT2D eigenvalue weighted by molar-refractivity contribution is 5.93. The van der Waals surface area contributed by atoms with Gasteiger partial charge in [-0.3, -0.25) is 0 Å². The third-order valence-corrected chi connectivity index (χ3v) is 3.95. The van der Waals surface area contributed by atoms with Gasteiger partial charge in [-0.25, -0.2) is 14.8 Å². The van der Waals surface area contributed by atoms with Crippen molar-refractivity contribution in [3.05, 3.63) is 17.6 Å². The van der Waals surface area contributed by atoms with Crippen LogP contribution in [0, 0.1) is 5.41 Å². The number of carbonyl (C=O) groups is 1. The van der Waals surface area contributed by atoms with Gasteiger partial charge in [-0.2, -0.15) is 0 Å². The summed E-state index contributed by atoms with van der Waals surface area (Å²) >= 11 is 0. The van der Waals surface area contributed by atoms with E-state index in [1.54, 1.807) is 0 Å². The molecular weight excluding hydrogens is 242 g/mol. The number of aromatic nitrogens is 2. The molecule has 0 unspecified atom stereocenters. The quantitative estimate of drug-likeness (QED) is 0.829. The minimum atomic E-state index is -0.492. The summed E-state index contributed by atoms with van der Waals surface area (Å²) in [4.78, 5) is 20.0. The number of nitrogens with two attached hydrogens (primary N) is 1. The van der Waals surface area contributed by atoms with E-state index in [9.17, 15) is 4.79 Å². The number of anilines is 1. The second-order valence-corrected chi connectivity index (χ2v) is 5.96. The second kappa shape index (κ2) is 5.15. The summed E-state index contributed by atoms with van der Waals surface area (Å²) < 4.78 is 4.63. The number of methoxy groups -OCH3 is 1. The third kappa shape index (κ3) is 3.03. The van der Waals surface area contributed by atoms with E-state index in [4.69, 9.17) is 5.73 Å². The van der Waals surface area contributed by atoms with Crippen LogP contribution in [0.15, 0.2) is 6.20 Å². The Labute approximate surface area is 113 Å². The van der Waals surface area contributed by atoms with Gasteiger partial charge in [0.1, 0.15) is 17.2 Å². The maximum atomic E-state index is 11.4. The standard InChI is InChI=1S/C14H21N3O2/c1-14(2)6-4-9(5-7-14)12-16-8-10(11(15)17-12)13(18)19-3/h8-9H,4-7H2,1-3H3,(H2,15,16,17). The van der Waals surface area contributed by atoms with E-state index < -0.39 is 5.97 Å². The summed E-state index contributed by atoms with van der Waals surface area (Å²) in [6.07, 6.45) is 5.95.